The van der Waals surface area contributed by atoms with E-state index in [2.05, 4.69) is 4.99 Å². The average Bonchev–Trinajstić information content (AvgIpc) is 2.67. The molecule has 0 unspecified atom stereocenters. The number of isocyanates is 1. The van der Waals surface area contributed by atoms with E-state index in [9.17, 15) is 4.79 Å². The Morgan fingerprint density at radius 2 is 1.75 bits per heavy atom. The molecule has 0 saturated heterocycles. The van der Waals surface area contributed by atoms with Crippen molar-refractivity contribution in [1.29, 1.82) is 0 Å². The van der Waals surface area contributed by atoms with E-state index in [1.54, 1.807) is 24.3 Å². The van der Waals surface area contributed by atoms with Crippen LogP contribution in [0.2, 0.25) is 10.0 Å². The Balaban J connectivity index is 2.59. The summed E-state index contributed by atoms with van der Waals surface area (Å²) in [6.45, 7) is 0. The Labute approximate surface area is 104 Å². The fraction of sp³-hybridized carbons (Fsp3) is 0.417. The lowest BCUT2D eigenvalue weighted by Gasteiger charge is -2.25. The molecule has 0 aliphatic heterocycles. The third-order valence-corrected chi connectivity index (χ3v) is 3.75. The van der Waals surface area contributed by atoms with E-state index >= 15 is 0 Å². The van der Waals surface area contributed by atoms with Crippen LogP contribution in [0.15, 0.2) is 23.2 Å². The maximum atomic E-state index is 10.6. The quantitative estimate of drug-likeness (QED) is 0.578. The second-order valence-corrected chi connectivity index (χ2v) is 4.85. The Kier molecular flexibility index (Phi) is 3.34. The molecule has 84 valence electrons. The topological polar surface area (TPSA) is 29.4 Å². The molecule has 0 spiro atoms. The molecule has 2 rings (SSSR count). The molecule has 1 fully saturated rings. The summed E-state index contributed by atoms with van der Waals surface area (Å²) in [7, 11) is 0. The van der Waals surface area contributed by atoms with Gasteiger partial charge in [-0.15, -0.1) is 0 Å². The summed E-state index contributed by atoms with van der Waals surface area (Å²) in [5, 5.41) is 1.15. The predicted molar refractivity (Wildman–Crippen MR) is 64.7 cm³/mol. The fourth-order valence-electron chi connectivity index (χ4n) is 2.41. The van der Waals surface area contributed by atoms with Crippen molar-refractivity contribution in [1.82, 2.24) is 0 Å². The average molecular weight is 256 g/mol. The SMILES string of the molecule is O=C=NC1(c2c(Cl)cccc2Cl)CCCC1. The number of rotatable bonds is 2. The van der Waals surface area contributed by atoms with Crippen molar-refractivity contribution in [3.05, 3.63) is 33.8 Å². The van der Waals surface area contributed by atoms with Crippen LogP contribution in [0.1, 0.15) is 31.2 Å². The van der Waals surface area contributed by atoms with Gasteiger partial charge in [0.15, 0.2) is 0 Å². The molecule has 1 aromatic rings. The van der Waals surface area contributed by atoms with E-state index in [-0.39, 0.29) is 0 Å². The molecular weight excluding hydrogens is 245 g/mol. The van der Waals surface area contributed by atoms with Crippen LogP contribution in [0.3, 0.4) is 0 Å². The minimum atomic E-state index is -0.544. The van der Waals surface area contributed by atoms with Gasteiger partial charge in [-0.2, -0.15) is 4.99 Å². The van der Waals surface area contributed by atoms with Crippen LogP contribution in [0.5, 0.6) is 0 Å². The molecule has 0 aromatic heterocycles. The molecule has 2 nitrogen and oxygen atoms in total. The molecule has 16 heavy (non-hydrogen) atoms. The van der Waals surface area contributed by atoms with Gasteiger partial charge in [-0.3, -0.25) is 0 Å². The van der Waals surface area contributed by atoms with E-state index in [1.165, 1.54) is 0 Å². The van der Waals surface area contributed by atoms with Crippen LogP contribution in [0, 0.1) is 0 Å². The second kappa shape index (κ2) is 4.58. The van der Waals surface area contributed by atoms with Gasteiger partial charge in [0.05, 0.1) is 0 Å². The van der Waals surface area contributed by atoms with E-state index < -0.39 is 5.54 Å². The normalized spacial score (nSPS) is 18.1. The van der Waals surface area contributed by atoms with E-state index in [0.29, 0.717) is 10.0 Å². The summed E-state index contributed by atoms with van der Waals surface area (Å²) >= 11 is 12.3. The van der Waals surface area contributed by atoms with Crippen LogP contribution >= 0.6 is 23.2 Å². The Morgan fingerprint density at radius 1 is 1.19 bits per heavy atom. The number of aliphatic imine (C=N–C) groups is 1. The van der Waals surface area contributed by atoms with Gasteiger partial charge in [-0.1, -0.05) is 42.1 Å². The van der Waals surface area contributed by atoms with Gasteiger partial charge in [0.2, 0.25) is 6.08 Å². The first-order valence-electron chi connectivity index (χ1n) is 5.23. The van der Waals surface area contributed by atoms with Crippen molar-refractivity contribution in [2.75, 3.05) is 0 Å². The summed E-state index contributed by atoms with van der Waals surface area (Å²) < 4.78 is 0. The predicted octanol–water partition coefficient (Wildman–Crippen LogP) is 4.10. The number of carbonyl (C=O) groups excluding carboxylic acids is 1. The van der Waals surface area contributed by atoms with Gasteiger partial charge < -0.3 is 0 Å². The largest absolute Gasteiger partial charge is 0.235 e. The van der Waals surface area contributed by atoms with Gasteiger partial charge >= 0.3 is 0 Å². The Hall–Kier alpha value is -0.820. The summed E-state index contributed by atoms with van der Waals surface area (Å²) in [6.07, 6.45) is 5.35. The maximum absolute atomic E-state index is 10.6. The summed E-state index contributed by atoms with van der Waals surface area (Å²) in [5.41, 5.74) is 0.233. The summed E-state index contributed by atoms with van der Waals surface area (Å²) in [4.78, 5) is 14.6. The molecule has 1 aliphatic rings. The maximum Gasteiger partial charge on any atom is 0.235 e. The molecule has 1 aromatic carbocycles. The highest BCUT2D eigenvalue weighted by atomic mass is 35.5. The standard InChI is InChI=1S/C12H11Cl2NO/c13-9-4-3-5-10(14)11(9)12(15-8-16)6-1-2-7-12/h3-5H,1-2,6-7H2. The highest BCUT2D eigenvalue weighted by Crippen LogP contribution is 2.47. The number of halogens is 2. The van der Waals surface area contributed by atoms with Crippen molar-refractivity contribution < 1.29 is 4.79 Å². The molecular formula is C12H11Cl2NO. The smallest absolute Gasteiger partial charge is 0.211 e. The highest BCUT2D eigenvalue weighted by molar-refractivity contribution is 6.36. The molecule has 0 amide bonds. The molecule has 1 saturated carbocycles. The molecule has 0 heterocycles. The number of nitrogens with zero attached hydrogens (tertiary/aromatic N) is 1. The summed E-state index contributed by atoms with van der Waals surface area (Å²) in [5.74, 6) is 0. The van der Waals surface area contributed by atoms with Crippen molar-refractivity contribution >= 4 is 29.3 Å². The Morgan fingerprint density at radius 3 is 2.25 bits per heavy atom. The van der Waals surface area contributed by atoms with Gasteiger partial charge in [0, 0.05) is 15.6 Å². The molecule has 0 N–H and O–H groups in total. The van der Waals surface area contributed by atoms with Gasteiger partial charge in [0.25, 0.3) is 0 Å². The third kappa shape index (κ3) is 1.89. The highest BCUT2D eigenvalue weighted by Gasteiger charge is 2.38. The van der Waals surface area contributed by atoms with Crippen molar-refractivity contribution in [3.8, 4) is 0 Å². The lowest BCUT2D eigenvalue weighted by atomic mass is 9.89. The monoisotopic (exact) mass is 255 g/mol. The zero-order chi connectivity index (χ0) is 11.6. The zero-order valence-corrected chi connectivity index (χ0v) is 10.2. The van der Waals surface area contributed by atoms with E-state index in [0.717, 1.165) is 31.2 Å². The van der Waals surface area contributed by atoms with Gasteiger partial charge in [0.1, 0.15) is 5.54 Å². The number of hydrogen-bond acceptors (Lipinski definition) is 2. The van der Waals surface area contributed by atoms with Crippen molar-refractivity contribution in [2.45, 2.75) is 31.2 Å². The minimum Gasteiger partial charge on any atom is -0.211 e. The molecule has 1 aliphatic carbocycles. The van der Waals surface area contributed by atoms with Gasteiger partial charge in [-0.25, -0.2) is 4.79 Å². The fourth-order valence-corrected chi connectivity index (χ4v) is 3.16. The van der Waals surface area contributed by atoms with Crippen LogP contribution in [0.25, 0.3) is 0 Å². The van der Waals surface area contributed by atoms with Crippen molar-refractivity contribution in [3.63, 3.8) is 0 Å². The van der Waals surface area contributed by atoms with Crippen LogP contribution in [0.4, 0.5) is 0 Å². The molecule has 0 bridgehead atoms. The Bertz CT molecular complexity index is 426. The lowest BCUT2D eigenvalue weighted by Crippen LogP contribution is -2.20. The van der Waals surface area contributed by atoms with Crippen molar-refractivity contribution in [2.24, 2.45) is 4.99 Å². The molecule has 0 radical (unpaired) electrons. The first kappa shape index (κ1) is 11.7. The number of benzene rings is 1. The zero-order valence-electron chi connectivity index (χ0n) is 8.67. The van der Waals surface area contributed by atoms with E-state index in [1.807, 2.05) is 0 Å². The van der Waals surface area contributed by atoms with Gasteiger partial charge in [-0.05, 0) is 25.0 Å². The third-order valence-electron chi connectivity index (χ3n) is 3.12. The van der Waals surface area contributed by atoms with Crippen LogP contribution in [-0.4, -0.2) is 6.08 Å². The summed E-state index contributed by atoms with van der Waals surface area (Å²) in [6, 6.07) is 5.35. The number of hydrogen-bond donors (Lipinski definition) is 0. The lowest BCUT2D eigenvalue weighted by molar-refractivity contribution is 0.456. The first-order valence-corrected chi connectivity index (χ1v) is 5.99. The first-order chi connectivity index (χ1) is 7.69. The van der Waals surface area contributed by atoms with E-state index in [4.69, 9.17) is 23.2 Å². The molecule has 0 atom stereocenters. The second-order valence-electron chi connectivity index (χ2n) is 4.04. The molecule has 4 heteroatoms. The minimum absolute atomic E-state index is 0.544. The van der Waals surface area contributed by atoms with Crippen LogP contribution < -0.4 is 0 Å². The van der Waals surface area contributed by atoms with Crippen LogP contribution in [-0.2, 0) is 10.3 Å².